The summed E-state index contributed by atoms with van der Waals surface area (Å²) in [6.07, 6.45) is -0.964. The van der Waals surface area contributed by atoms with Crippen molar-refractivity contribution in [2.24, 2.45) is 11.1 Å². The number of methoxy groups -OCH3 is 2. The van der Waals surface area contributed by atoms with E-state index in [2.05, 4.69) is 5.16 Å². The van der Waals surface area contributed by atoms with Gasteiger partial charge in [0.2, 0.25) is 12.0 Å². The van der Waals surface area contributed by atoms with Crippen LogP contribution >= 0.6 is 0 Å². The number of imide groups is 1. The van der Waals surface area contributed by atoms with E-state index in [9.17, 15) is 9.59 Å². The van der Waals surface area contributed by atoms with Crippen LogP contribution in [0.4, 0.5) is 5.69 Å². The van der Waals surface area contributed by atoms with E-state index in [0.29, 0.717) is 28.5 Å². The van der Waals surface area contributed by atoms with Crippen molar-refractivity contribution in [3.63, 3.8) is 0 Å². The Morgan fingerprint density at radius 2 is 1.73 bits per heavy atom. The first-order valence-electron chi connectivity index (χ1n) is 8.05. The average molecular weight is 352 g/mol. The van der Waals surface area contributed by atoms with Crippen LogP contribution in [-0.2, 0) is 14.4 Å². The summed E-state index contributed by atoms with van der Waals surface area (Å²) in [7, 11) is 3.03. The van der Waals surface area contributed by atoms with Crippen molar-refractivity contribution in [3.8, 4) is 11.5 Å². The molecule has 1 fully saturated rings. The van der Waals surface area contributed by atoms with Crippen LogP contribution in [0.2, 0.25) is 0 Å². The van der Waals surface area contributed by atoms with Gasteiger partial charge in [-0.05, 0) is 24.3 Å². The highest BCUT2D eigenvalue weighted by atomic mass is 16.7. The number of amides is 2. The fourth-order valence-electron chi connectivity index (χ4n) is 3.32. The molecule has 0 bridgehead atoms. The van der Waals surface area contributed by atoms with E-state index in [4.69, 9.17) is 14.3 Å². The molecule has 2 unspecified atom stereocenters. The molecule has 0 N–H and O–H groups in total. The molecule has 2 aromatic rings. The lowest BCUT2D eigenvalue weighted by atomic mass is 9.93. The quantitative estimate of drug-likeness (QED) is 0.787. The molecule has 0 aromatic heterocycles. The lowest BCUT2D eigenvalue weighted by Crippen LogP contribution is -2.33. The standard InChI is InChI=1S/C19H16N2O5/c1-24-13-10-6-9-12(16(13)25-2)15-14-17(26-20-15)19(23)21(18(14)22)11-7-4-3-5-8-11/h3-10,14,17H,1-2H3. The highest BCUT2D eigenvalue weighted by Crippen LogP contribution is 2.39. The number of rotatable bonds is 4. The summed E-state index contributed by atoms with van der Waals surface area (Å²) >= 11 is 0. The van der Waals surface area contributed by atoms with Crippen molar-refractivity contribution >= 4 is 23.2 Å². The van der Waals surface area contributed by atoms with E-state index in [-0.39, 0.29) is 5.91 Å². The van der Waals surface area contributed by atoms with E-state index >= 15 is 0 Å². The van der Waals surface area contributed by atoms with Crippen molar-refractivity contribution in [3.05, 3.63) is 54.1 Å². The van der Waals surface area contributed by atoms with Crippen LogP contribution in [-0.4, -0.2) is 37.8 Å². The first kappa shape index (κ1) is 16.1. The highest BCUT2D eigenvalue weighted by molar-refractivity contribution is 6.32. The number of hydrogen-bond donors (Lipinski definition) is 0. The third-order valence-corrected chi connectivity index (χ3v) is 4.51. The Hall–Kier alpha value is -3.35. The molecule has 132 valence electrons. The van der Waals surface area contributed by atoms with Crippen molar-refractivity contribution in [2.45, 2.75) is 6.10 Å². The van der Waals surface area contributed by atoms with Crippen LogP contribution in [0.25, 0.3) is 0 Å². The van der Waals surface area contributed by atoms with Gasteiger partial charge in [-0.3, -0.25) is 9.59 Å². The van der Waals surface area contributed by atoms with Gasteiger partial charge in [0.05, 0.1) is 19.9 Å². The molecule has 2 aliphatic heterocycles. The van der Waals surface area contributed by atoms with E-state index in [1.54, 1.807) is 42.5 Å². The SMILES string of the molecule is COc1cccc(C2=NOC3C(=O)N(c4ccccc4)C(=O)C23)c1OC. The number of nitrogens with zero attached hydrogens (tertiary/aromatic N) is 2. The molecule has 2 amide bonds. The van der Waals surface area contributed by atoms with Gasteiger partial charge in [0.25, 0.3) is 5.91 Å². The number of para-hydroxylation sites is 2. The third-order valence-electron chi connectivity index (χ3n) is 4.51. The second kappa shape index (κ2) is 6.18. The maximum atomic E-state index is 13.0. The van der Waals surface area contributed by atoms with Crippen LogP contribution in [0.3, 0.4) is 0 Å². The largest absolute Gasteiger partial charge is 0.493 e. The molecule has 2 atom stereocenters. The van der Waals surface area contributed by atoms with E-state index < -0.39 is 17.9 Å². The molecule has 2 aromatic carbocycles. The Labute approximate surface area is 149 Å². The highest BCUT2D eigenvalue weighted by Gasteiger charge is 2.56. The Bertz CT molecular complexity index is 909. The molecular formula is C19H16N2O5. The molecule has 7 nitrogen and oxygen atoms in total. The zero-order chi connectivity index (χ0) is 18.3. The van der Waals surface area contributed by atoms with Crippen LogP contribution in [0, 0.1) is 5.92 Å². The topological polar surface area (TPSA) is 77.4 Å². The van der Waals surface area contributed by atoms with Gasteiger partial charge in [-0.2, -0.15) is 0 Å². The zero-order valence-corrected chi connectivity index (χ0v) is 14.2. The molecule has 0 radical (unpaired) electrons. The minimum absolute atomic E-state index is 0.363. The molecule has 7 heteroatoms. The number of hydrogen-bond acceptors (Lipinski definition) is 6. The maximum absolute atomic E-state index is 13.0. The summed E-state index contributed by atoms with van der Waals surface area (Å²) in [6, 6.07) is 14.0. The maximum Gasteiger partial charge on any atom is 0.278 e. The Morgan fingerprint density at radius 3 is 2.42 bits per heavy atom. The summed E-state index contributed by atoms with van der Waals surface area (Å²) in [6.45, 7) is 0. The summed E-state index contributed by atoms with van der Waals surface area (Å²) < 4.78 is 10.7. The number of ether oxygens (including phenoxy) is 2. The average Bonchev–Trinajstić information content (AvgIpc) is 3.22. The Kier molecular flexibility index (Phi) is 3.84. The number of anilines is 1. The van der Waals surface area contributed by atoms with Crippen molar-refractivity contribution in [1.82, 2.24) is 0 Å². The minimum atomic E-state index is -0.964. The normalized spacial score (nSPS) is 21.3. The fourth-order valence-corrected chi connectivity index (χ4v) is 3.32. The molecule has 2 aliphatic rings. The summed E-state index contributed by atoms with van der Waals surface area (Å²) in [5.74, 6) is -0.660. The van der Waals surface area contributed by atoms with Crippen molar-refractivity contribution in [1.29, 1.82) is 0 Å². The lowest BCUT2D eigenvalue weighted by Gasteiger charge is -2.16. The molecule has 4 rings (SSSR count). The molecular weight excluding hydrogens is 336 g/mol. The smallest absolute Gasteiger partial charge is 0.278 e. The number of carbonyl (C=O) groups is 2. The van der Waals surface area contributed by atoms with Crippen LogP contribution in [0.15, 0.2) is 53.7 Å². The Balaban J connectivity index is 1.75. The zero-order valence-electron chi connectivity index (χ0n) is 14.2. The number of benzene rings is 2. The molecule has 0 spiro atoms. The van der Waals surface area contributed by atoms with Crippen LogP contribution < -0.4 is 14.4 Å². The van der Waals surface area contributed by atoms with Crippen LogP contribution in [0.1, 0.15) is 5.56 Å². The first-order chi connectivity index (χ1) is 12.7. The third kappa shape index (κ3) is 2.24. The van der Waals surface area contributed by atoms with Gasteiger partial charge < -0.3 is 14.3 Å². The second-order valence-electron chi connectivity index (χ2n) is 5.87. The van der Waals surface area contributed by atoms with Gasteiger partial charge in [-0.15, -0.1) is 0 Å². The minimum Gasteiger partial charge on any atom is -0.493 e. The van der Waals surface area contributed by atoms with Gasteiger partial charge in [0.15, 0.2) is 11.5 Å². The van der Waals surface area contributed by atoms with E-state index in [1.807, 2.05) is 6.07 Å². The summed E-state index contributed by atoms with van der Waals surface area (Å²) in [5.41, 5.74) is 1.44. The fraction of sp³-hybridized carbons (Fsp3) is 0.211. The molecule has 26 heavy (non-hydrogen) atoms. The van der Waals surface area contributed by atoms with Gasteiger partial charge in [0.1, 0.15) is 11.6 Å². The first-order valence-corrected chi connectivity index (χ1v) is 8.05. The van der Waals surface area contributed by atoms with Gasteiger partial charge in [-0.25, -0.2) is 4.90 Å². The lowest BCUT2D eigenvalue weighted by molar-refractivity contribution is -0.126. The van der Waals surface area contributed by atoms with Crippen LogP contribution in [0.5, 0.6) is 11.5 Å². The predicted octanol–water partition coefficient (Wildman–Crippen LogP) is 2.00. The molecule has 0 saturated carbocycles. The predicted molar refractivity (Wildman–Crippen MR) is 93.4 cm³/mol. The number of oxime groups is 1. The second-order valence-corrected chi connectivity index (χ2v) is 5.87. The molecule has 2 heterocycles. The van der Waals surface area contributed by atoms with E-state index in [1.165, 1.54) is 14.2 Å². The molecule has 0 aliphatic carbocycles. The summed E-state index contributed by atoms with van der Waals surface area (Å²) in [5, 5.41) is 4.02. The van der Waals surface area contributed by atoms with Gasteiger partial charge in [0, 0.05) is 5.56 Å². The molecule has 1 saturated heterocycles. The van der Waals surface area contributed by atoms with E-state index in [0.717, 1.165) is 4.90 Å². The summed E-state index contributed by atoms with van der Waals surface area (Å²) in [4.78, 5) is 32.2. The van der Waals surface area contributed by atoms with Crippen molar-refractivity contribution in [2.75, 3.05) is 19.1 Å². The van der Waals surface area contributed by atoms with Crippen molar-refractivity contribution < 1.29 is 23.9 Å². The van der Waals surface area contributed by atoms with Gasteiger partial charge >= 0.3 is 0 Å². The Morgan fingerprint density at radius 1 is 0.962 bits per heavy atom. The van der Waals surface area contributed by atoms with Gasteiger partial charge in [-0.1, -0.05) is 29.4 Å². The number of fused-ring (bicyclic) bond motifs is 1. The monoisotopic (exact) mass is 352 g/mol. The number of carbonyl (C=O) groups excluding carboxylic acids is 2.